The Bertz CT molecular complexity index is 1390. The van der Waals surface area contributed by atoms with E-state index in [-0.39, 0.29) is 29.2 Å². The molecule has 214 valence electrons. The topological polar surface area (TPSA) is 86.8 Å². The minimum absolute atomic E-state index is 0.0419. The first-order valence-electron chi connectivity index (χ1n) is 13.4. The number of carbonyl (C=O) groups excluding carboxylic acids is 2. The van der Waals surface area contributed by atoms with Crippen LogP contribution >= 0.6 is 11.6 Å². The van der Waals surface area contributed by atoms with Crippen molar-refractivity contribution in [3.63, 3.8) is 0 Å². The van der Waals surface area contributed by atoms with Crippen molar-refractivity contribution in [1.82, 2.24) is 10.2 Å². The maximum atomic E-state index is 14.0. The van der Waals surface area contributed by atoms with Gasteiger partial charge in [-0.2, -0.15) is 0 Å². The first kappa shape index (κ1) is 31.2. The summed E-state index contributed by atoms with van der Waals surface area (Å²) in [6.45, 7) is 9.70. The number of halogens is 1. The second-order valence-electron chi connectivity index (χ2n) is 10.5. The first-order chi connectivity index (χ1) is 18.9. The van der Waals surface area contributed by atoms with Crippen LogP contribution in [-0.4, -0.2) is 44.3 Å². The summed E-state index contributed by atoms with van der Waals surface area (Å²) in [6, 6.07) is 21.4. The maximum absolute atomic E-state index is 14.0. The van der Waals surface area contributed by atoms with Gasteiger partial charge < -0.3 is 10.2 Å². The van der Waals surface area contributed by atoms with Gasteiger partial charge in [-0.3, -0.25) is 13.9 Å². The molecule has 0 aliphatic heterocycles. The van der Waals surface area contributed by atoms with Crippen molar-refractivity contribution in [3.05, 3.63) is 95.0 Å². The third-order valence-corrected chi connectivity index (χ3v) is 8.76. The van der Waals surface area contributed by atoms with Crippen molar-refractivity contribution < 1.29 is 18.0 Å². The lowest BCUT2D eigenvalue weighted by molar-refractivity contribution is -0.139. The molecule has 2 amide bonds. The number of carbonyl (C=O) groups is 2. The van der Waals surface area contributed by atoms with Crippen molar-refractivity contribution >= 4 is 39.1 Å². The van der Waals surface area contributed by atoms with Crippen LogP contribution in [0.3, 0.4) is 0 Å². The molecule has 1 unspecified atom stereocenters. The Morgan fingerprint density at radius 3 is 2.02 bits per heavy atom. The number of amides is 2. The fraction of sp³-hybridized carbons (Fsp3) is 0.355. The molecule has 0 radical (unpaired) electrons. The van der Waals surface area contributed by atoms with Crippen LogP contribution in [0.1, 0.15) is 51.7 Å². The summed E-state index contributed by atoms with van der Waals surface area (Å²) >= 11 is 6.41. The molecule has 3 aromatic carbocycles. The van der Waals surface area contributed by atoms with Crippen molar-refractivity contribution in [2.24, 2.45) is 5.92 Å². The third kappa shape index (κ3) is 7.86. The largest absolute Gasteiger partial charge is 0.354 e. The van der Waals surface area contributed by atoms with Gasteiger partial charge in [-0.15, -0.1) is 0 Å². The van der Waals surface area contributed by atoms with Crippen molar-refractivity contribution in [1.29, 1.82) is 0 Å². The fourth-order valence-corrected chi connectivity index (χ4v) is 5.75. The van der Waals surface area contributed by atoms with Crippen molar-refractivity contribution in [3.8, 4) is 0 Å². The highest BCUT2D eigenvalue weighted by molar-refractivity contribution is 7.92. The summed E-state index contributed by atoms with van der Waals surface area (Å²) in [5.74, 6) is -0.372. The van der Waals surface area contributed by atoms with Crippen LogP contribution in [-0.2, 0) is 26.2 Å². The third-order valence-electron chi connectivity index (χ3n) is 6.61. The smallest absolute Gasteiger partial charge is 0.264 e. The highest BCUT2D eigenvalue weighted by atomic mass is 35.5. The van der Waals surface area contributed by atoms with Crippen LogP contribution in [0.2, 0.25) is 5.02 Å². The van der Waals surface area contributed by atoms with E-state index < -0.39 is 28.5 Å². The summed E-state index contributed by atoms with van der Waals surface area (Å²) in [4.78, 5) is 28.5. The second-order valence-corrected chi connectivity index (χ2v) is 12.8. The second kappa shape index (κ2) is 13.8. The lowest BCUT2D eigenvalue weighted by Crippen LogP contribution is -2.51. The van der Waals surface area contributed by atoms with Gasteiger partial charge in [-0.25, -0.2) is 8.42 Å². The molecule has 0 saturated carbocycles. The number of benzene rings is 3. The van der Waals surface area contributed by atoms with Gasteiger partial charge in [0, 0.05) is 18.1 Å². The fourth-order valence-electron chi connectivity index (χ4n) is 4.12. The molecule has 0 aromatic heterocycles. The summed E-state index contributed by atoms with van der Waals surface area (Å²) in [6.07, 6.45) is 0. The number of anilines is 1. The predicted molar refractivity (Wildman–Crippen MR) is 161 cm³/mol. The highest BCUT2D eigenvalue weighted by Crippen LogP contribution is 2.27. The van der Waals surface area contributed by atoms with E-state index >= 15 is 0 Å². The number of nitrogens with zero attached hydrogens (tertiary/aromatic N) is 2. The molecule has 1 atom stereocenters. The van der Waals surface area contributed by atoms with E-state index in [1.54, 1.807) is 61.5 Å². The molecule has 1 N–H and O–H groups in total. The number of sulfonamides is 1. The molecule has 0 saturated heterocycles. The van der Waals surface area contributed by atoms with Crippen molar-refractivity contribution in [2.45, 2.75) is 58.0 Å². The maximum Gasteiger partial charge on any atom is 0.264 e. The van der Waals surface area contributed by atoms with E-state index in [0.29, 0.717) is 22.8 Å². The summed E-state index contributed by atoms with van der Waals surface area (Å²) in [7, 11) is -4.11. The predicted octanol–water partition coefficient (Wildman–Crippen LogP) is 5.85. The monoisotopic (exact) mass is 583 g/mol. The Balaban J connectivity index is 2.02. The summed E-state index contributed by atoms with van der Waals surface area (Å²) in [5.41, 5.74) is 2.05. The minimum atomic E-state index is -4.11. The molecule has 0 aliphatic rings. The van der Waals surface area contributed by atoms with Gasteiger partial charge in [-0.05, 0) is 60.2 Å². The van der Waals surface area contributed by atoms with E-state index in [4.69, 9.17) is 11.6 Å². The molecule has 3 aromatic rings. The van der Waals surface area contributed by atoms with E-state index in [9.17, 15) is 18.0 Å². The van der Waals surface area contributed by atoms with Gasteiger partial charge in [0.15, 0.2) is 0 Å². The lowest BCUT2D eigenvalue weighted by Gasteiger charge is -2.32. The van der Waals surface area contributed by atoms with Gasteiger partial charge in [0.05, 0.1) is 10.6 Å². The molecule has 9 heteroatoms. The zero-order valence-corrected chi connectivity index (χ0v) is 25.2. The molecule has 0 spiro atoms. The molecule has 40 heavy (non-hydrogen) atoms. The van der Waals surface area contributed by atoms with E-state index in [0.717, 1.165) is 9.87 Å². The van der Waals surface area contributed by atoms with Crippen LogP contribution in [0.5, 0.6) is 0 Å². The molecule has 3 rings (SSSR count). The Kier molecular flexibility index (Phi) is 10.8. The molecule has 7 nitrogen and oxygen atoms in total. The summed E-state index contributed by atoms with van der Waals surface area (Å²) < 4.78 is 28.8. The Hall–Kier alpha value is -3.36. The standard InChI is InChI=1S/C31H38ClN3O4S/c1-22(2)19-33-31(37)24(5)34(20-26-11-9-10-14-29(26)32)30(36)21-35(27-17-15-25(16-18-27)23(3)4)40(38,39)28-12-7-6-8-13-28/h6-18,22-24H,19-21H2,1-5H3,(H,33,37). The average molecular weight is 584 g/mol. The number of hydrogen-bond donors (Lipinski definition) is 1. The molecule has 0 aliphatic carbocycles. The van der Waals surface area contributed by atoms with Gasteiger partial charge in [0.25, 0.3) is 10.0 Å². The Morgan fingerprint density at radius 2 is 1.45 bits per heavy atom. The number of hydrogen-bond acceptors (Lipinski definition) is 4. The van der Waals surface area contributed by atoms with Gasteiger partial charge in [0.1, 0.15) is 12.6 Å². The van der Waals surface area contributed by atoms with Crippen LogP contribution < -0.4 is 9.62 Å². The Labute approximate surface area is 243 Å². The first-order valence-corrected chi connectivity index (χ1v) is 15.2. The van der Waals surface area contributed by atoms with Gasteiger partial charge in [-0.1, -0.05) is 87.8 Å². The van der Waals surface area contributed by atoms with Crippen LogP contribution in [0.25, 0.3) is 0 Å². The van der Waals surface area contributed by atoms with E-state index in [2.05, 4.69) is 19.2 Å². The van der Waals surface area contributed by atoms with Crippen molar-refractivity contribution in [2.75, 3.05) is 17.4 Å². The lowest BCUT2D eigenvalue weighted by atomic mass is 10.0. The quantitative estimate of drug-likeness (QED) is 0.290. The van der Waals surface area contributed by atoms with Crippen LogP contribution in [0.4, 0.5) is 5.69 Å². The minimum Gasteiger partial charge on any atom is -0.354 e. The molecular weight excluding hydrogens is 546 g/mol. The van der Waals surface area contributed by atoms with Gasteiger partial charge in [0.2, 0.25) is 11.8 Å². The van der Waals surface area contributed by atoms with E-state index in [1.165, 1.54) is 17.0 Å². The average Bonchev–Trinajstić information content (AvgIpc) is 2.94. The zero-order valence-electron chi connectivity index (χ0n) is 23.7. The normalized spacial score (nSPS) is 12.3. The summed E-state index contributed by atoms with van der Waals surface area (Å²) in [5, 5.41) is 3.33. The van der Waals surface area contributed by atoms with Crippen LogP contribution in [0, 0.1) is 5.92 Å². The SMILES string of the molecule is CC(C)CNC(=O)C(C)N(Cc1ccccc1Cl)C(=O)CN(c1ccc(C(C)C)cc1)S(=O)(=O)c1ccccc1. The zero-order chi connectivity index (χ0) is 29.4. The molecular formula is C31H38ClN3O4S. The molecule has 0 heterocycles. The van der Waals surface area contributed by atoms with Crippen LogP contribution in [0.15, 0.2) is 83.8 Å². The molecule has 0 fully saturated rings. The molecule has 0 bridgehead atoms. The highest BCUT2D eigenvalue weighted by Gasteiger charge is 2.32. The number of rotatable bonds is 12. The van der Waals surface area contributed by atoms with E-state index in [1.807, 2.05) is 26.0 Å². The van der Waals surface area contributed by atoms with Gasteiger partial charge >= 0.3 is 0 Å². The number of nitrogens with one attached hydrogen (secondary N) is 1. The Morgan fingerprint density at radius 1 is 0.850 bits per heavy atom.